The summed E-state index contributed by atoms with van der Waals surface area (Å²) in [5, 5.41) is 14.0. The number of barbiturate groups is 1. The van der Waals surface area contributed by atoms with Crippen LogP contribution in [0.5, 0.6) is 0 Å². The number of hydrogen-bond donors (Lipinski definition) is 3. The lowest BCUT2D eigenvalue weighted by Crippen LogP contribution is -2.59. The molecule has 0 aliphatic carbocycles. The second-order valence-electron chi connectivity index (χ2n) is 6.22. The number of nitrogens with one attached hydrogen (secondary N) is 2. The Morgan fingerprint density at radius 1 is 1.14 bits per heavy atom. The van der Waals surface area contributed by atoms with E-state index in [0.29, 0.717) is 16.9 Å². The third kappa shape index (κ3) is 3.48. The number of para-hydroxylation sites is 1. The van der Waals surface area contributed by atoms with Crippen LogP contribution in [-0.2, 0) is 9.59 Å². The van der Waals surface area contributed by atoms with Gasteiger partial charge in [-0.05, 0) is 36.8 Å². The maximum atomic E-state index is 13.0. The van der Waals surface area contributed by atoms with Crippen molar-refractivity contribution < 1.29 is 24.3 Å². The summed E-state index contributed by atoms with van der Waals surface area (Å²) in [6, 6.07) is 11.8. The third-order valence-electron chi connectivity index (χ3n) is 4.28. The number of carboxylic acids is 1. The lowest BCUT2D eigenvalue weighted by atomic mass is 9.99. The minimum atomic E-state index is -1.36. The zero-order valence-electron chi connectivity index (χ0n) is 14.9. The van der Waals surface area contributed by atoms with E-state index >= 15 is 0 Å². The van der Waals surface area contributed by atoms with Crippen LogP contribution >= 0.6 is 0 Å². The number of rotatable bonds is 5. The summed E-state index contributed by atoms with van der Waals surface area (Å²) in [5.74, 6) is -4.01. The van der Waals surface area contributed by atoms with Gasteiger partial charge in [0.1, 0.15) is 0 Å². The predicted octanol–water partition coefficient (Wildman–Crippen LogP) is 2.52. The molecule has 0 aromatic heterocycles. The van der Waals surface area contributed by atoms with Gasteiger partial charge in [0.2, 0.25) is 5.91 Å². The molecule has 8 heteroatoms. The Bertz CT molecular complexity index is 1010. The summed E-state index contributed by atoms with van der Waals surface area (Å²) in [4.78, 5) is 49.5. The Labute approximate surface area is 160 Å². The minimum absolute atomic E-state index is 0.0242. The van der Waals surface area contributed by atoms with Crippen LogP contribution in [-0.4, -0.2) is 28.9 Å². The zero-order chi connectivity index (χ0) is 20.4. The summed E-state index contributed by atoms with van der Waals surface area (Å²) in [5.41, 5.74) is 1.46. The fourth-order valence-electron chi connectivity index (χ4n) is 2.91. The Hall–Kier alpha value is -3.94. The maximum absolute atomic E-state index is 13.0. The number of carboxylic acid groups (broad SMARTS) is 1. The molecule has 3 N–H and O–H groups in total. The Morgan fingerprint density at radius 3 is 2.54 bits per heavy atom. The second-order valence-corrected chi connectivity index (χ2v) is 6.22. The first-order chi connectivity index (χ1) is 13.3. The highest BCUT2D eigenvalue weighted by atomic mass is 16.4. The van der Waals surface area contributed by atoms with E-state index in [0.717, 1.165) is 4.90 Å². The van der Waals surface area contributed by atoms with E-state index in [2.05, 4.69) is 17.2 Å². The highest BCUT2D eigenvalue weighted by Crippen LogP contribution is 2.27. The standard InChI is InChI=1S/C20H17N3O5/c1-11-6-3-4-9-15(11)23-18(25)16(17(24)22-20(23)28)12(2)21-14-8-5-7-13(10-14)19(26)27/h3-10,16,21H,2H2,1H3,(H,26,27)(H,22,24,28)/t16-/m1/s1. The van der Waals surface area contributed by atoms with Gasteiger partial charge in [-0.15, -0.1) is 0 Å². The molecule has 1 saturated heterocycles. The first kappa shape index (κ1) is 18.8. The van der Waals surface area contributed by atoms with E-state index in [1.54, 1.807) is 37.3 Å². The molecule has 8 nitrogen and oxygen atoms in total. The number of anilines is 2. The molecule has 2 aromatic carbocycles. The van der Waals surface area contributed by atoms with Crippen LogP contribution in [0.1, 0.15) is 15.9 Å². The summed E-state index contributed by atoms with van der Waals surface area (Å²) in [6.07, 6.45) is 0. The number of urea groups is 1. The van der Waals surface area contributed by atoms with Crippen molar-refractivity contribution in [1.82, 2.24) is 5.32 Å². The number of nitrogens with zero attached hydrogens (tertiary/aromatic N) is 1. The fraction of sp³-hybridized carbons (Fsp3) is 0.100. The van der Waals surface area contributed by atoms with Crippen LogP contribution in [0.3, 0.4) is 0 Å². The van der Waals surface area contributed by atoms with E-state index in [9.17, 15) is 19.2 Å². The monoisotopic (exact) mass is 379 g/mol. The van der Waals surface area contributed by atoms with Gasteiger partial charge in [0.05, 0.1) is 11.3 Å². The highest BCUT2D eigenvalue weighted by Gasteiger charge is 2.43. The molecule has 28 heavy (non-hydrogen) atoms. The van der Waals surface area contributed by atoms with Crippen molar-refractivity contribution in [2.45, 2.75) is 6.92 Å². The normalized spacial score (nSPS) is 16.5. The molecule has 1 fully saturated rings. The molecule has 1 atom stereocenters. The van der Waals surface area contributed by atoms with E-state index in [1.807, 2.05) is 0 Å². The highest BCUT2D eigenvalue weighted by molar-refractivity contribution is 6.29. The Balaban J connectivity index is 1.89. The lowest BCUT2D eigenvalue weighted by molar-refractivity contribution is -0.132. The SMILES string of the molecule is C=C(Nc1cccc(C(=O)O)c1)[C@@H]1C(=O)NC(=O)N(c2ccccc2C)C1=O. The van der Waals surface area contributed by atoms with Crippen molar-refractivity contribution >= 4 is 35.2 Å². The minimum Gasteiger partial charge on any atom is -0.478 e. The van der Waals surface area contributed by atoms with Gasteiger partial charge in [-0.25, -0.2) is 14.5 Å². The number of imide groups is 2. The number of aryl methyl sites for hydroxylation is 1. The smallest absolute Gasteiger partial charge is 0.335 e. The number of aromatic carboxylic acids is 1. The van der Waals surface area contributed by atoms with E-state index in [4.69, 9.17) is 5.11 Å². The molecule has 3 rings (SSSR count). The van der Waals surface area contributed by atoms with Crippen molar-refractivity contribution in [3.8, 4) is 0 Å². The molecule has 142 valence electrons. The largest absolute Gasteiger partial charge is 0.478 e. The van der Waals surface area contributed by atoms with Crippen molar-refractivity contribution in [1.29, 1.82) is 0 Å². The van der Waals surface area contributed by atoms with Gasteiger partial charge < -0.3 is 10.4 Å². The average Bonchev–Trinajstić information content (AvgIpc) is 2.63. The molecule has 4 amide bonds. The maximum Gasteiger partial charge on any atom is 0.335 e. The van der Waals surface area contributed by atoms with Crippen LogP contribution in [0.4, 0.5) is 16.2 Å². The molecular weight excluding hydrogens is 362 g/mol. The zero-order valence-corrected chi connectivity index (χ0v) is 14.9. The second kappa shape index (κ2) is 7.36. The van der Waals surface area contributed by atoms with Crippen LogP contribution in [0.15, 0.2) is 60.8 Å². The number of benzene rings is 2. The van der Waals surface area contributed by atoms with Gasteiger partial charge in [-0.1, -0.05) is 30.8 Å². The summed E-state index contributed by atoms with van der Waals surface area (Å²) in [6.45, 7) is 5.49. The van der Waals surface area contributed by atoms with Crippen LogP contribution in [0.25, 0.3) is 0 Å². The van der Waals surface area contributed by atoms with Crippen molar-refractivity contribution in [3.05, 3.63) is 71.9 Å². The summed E-state index contributed by atoms with van der Waals surface area (Å²) < 4.78 is 0. The molecule has 1 aliphatic heterocycles. The quantitative estimate of drug-likeness (QED) is 0.688. The summed E-state index contributed by atoms with van der Waals surface area (Å²) >= 11 is 0. The van der Waals surface area contributed by atoms with Crippen molar-refractivity contribution in [2.75, 3.05) is 10.2 Å². The molecule has 0 spiro atoms. The van der Waals surface area contributed by atoms with Crippen molar-refractivity contribution in [2.24, 2.45) is 5.92 Å². The Morgan fingerprint density at radius 2 is 1.86 bits per heavy atom. The first-order valence-electron chi connectivity index (χ1n) is 8.33. The number of hydrogen-bond acceptors (Lipinski definition) is 5. The van der Waals surface area contributed by atoms with Crippen molar-refractivity contribution in [3.63, 3.8) is 0 Å². The van der Waals surface area contributed by atoms with E-state index in [-0.39, 0.29) is 11.3 Å². The third-order valence-corrected chi connectivity index (χ3v) is 4.28. The van der Waals surface area contributed by atoms with Crippen LogP contribution in [0.2, 0.25) is 0 Å². The van der Waals surface area contributed by atoms with Gasteiger partial charge in [-0.3, -0.25) is 14.9 Å². The number of carbonyl (C=O) groups excluding carboxylic acids is 3. The van der Waals surface area contributed by atoms with E-state index < -0.39 is 29.7 Å². The molecule has 0 bridgehead atoms. The van der Waals surface area contributed by atoms with Crippen LogP contribution in [0, 0.1) is 12.8 Å². The lowest BCUT2D eigenvalue weighted by Gasteiger charge is -2.32. The molecule has 1 heterocycles. The van der Waals surface area contributed by atoms with Gasteiger partial charge in [0.25, 0.3) is 5.91 Å². The average molecular weight is 379 g/mol. The molecule has 0 saturated carbocycles. The van der Waals surface area contributed by atoms with Gasteiger partial charge in [-0.2, -0.15) is 0 Å². The van der Waals surface area contributed by atoms with Gasteiger partial charge in [0, 0.05) is 11.4 Å². The molecule has 0 radical (unpaired) electrons. The first-order valence-corrected chi connectivity index (χ1v) is 8.33. The number of amides is 4. The molecular formula is C20H17N3O5. The predicted molar refractivity (Wildman–Crippen MR) is 102 cm³/mol. The number of carbonyl (C=O) groups is 4. The fourth-order valence-corrected chi connectivity index (χ4v) is 2.91. The van der Waals surface area contributed by atoms with Crippen LogP contribution < -0.4 is 15.5 Å². The van der Waals surface area contributed by atoms with Gasteiger partial charge >= 0.3 is 12.0 Å². The summed E-state index contributed by atoms with van der Waals surface area (Å²) in [7, 11) is 0. The molecule has 0 unspecified atom stereocenters. The molecule has 1 aliphatic rings. The molecule has 2 aromatic rings. The van der Waals surface area contributed by atoms with Gasteiger partial charge in [0.15, 0.2) is 5.92 Å². The topological polar surface area (TPSA) is 116 Å². The van der Waals surface area contributed by atoms with E-state index in [1.165, 1.54) is 18.2 Å². The Kier molecular flexibility index (Phi) is 4.95.